The monoisotopic (exact) mass is 314 g/mol. The first kappa shape index (κ1) is 15.3. The Balaban J connectivity index is 2.16. The highest BCUT2D eigenvalue weighted by atomic mass is 32.1. The summed E-state index contributed by atoms with van der Waals surface area (Å²) in [4.78, 5) is 0. The molecule has 0 bridgehead atoms. The molecule has 2 N–H and O–H groups in total. The Morgan fingerprint density at radius 2 is 1.81 bits per heavy atom. The van der Waals surface area contributed by atoms with Gasteiger partial charge in [-0.1, -0.05) is 12.1 Å². The van der Waals surface area contributed by atoms with Gasteiger partial charge in [0.2, 0.25) is 0 Å². The molecule has 8 heteroatoms. The maximum Gasteiger partial charge on any atom is 0.418 e. The summed E-state index contributed by atoms with van der Waals surface area (Å²) in [6, 6.07) is 5.17. The maximum atomic E-state index is 12.9. The number of thiocarbonyl (C=S) groups is 1. The van der Waals surface area contributed by atoms with Crippen LogP contribution in [0.15, 0.2) is 30.5 Å². The third kappa shape index (κ3) is 3.52. The van der Waals surface area contributed by atoms with Gasteiger partial charge in [-0.2, -0.15) is 18.3 Å². The van der Waals surface area contributed by atoms with Gasteiger partial charge in [-0.15, -0.1) is 0 Å². The number of aromatic nitrogens is 2. The van der Waals surface area contributed by atoms with E-state index < -0.39 is 11.7 Å². The molecule has 0 atom stereocenters. The number of para-hydroxylation sites is 1. The highest BCUT2D eigenvalue weighted by Crippen LogP contribution is 2.34. The highest BCUT2D eigenvalue weighted by Gasteiger charge is 2.33. The summed E-state index contributed by atoms with van der Waals surface area (Å²) in [7, 11) is 1.76. The summed E-state index contributed by atoms with van der Waals surface area (Å²) < 4.78 is 40.3. The Morgan fingerprint density at radius 3 is 2.38 bits per heavy atom. The van der Waals surface area contributed by atoms with Gasteiger partial charge in [0.1, 0.15) is 0 Å². The van der Waals surface area contributed by atoms with Crippen LogP contribution in [0.2, 0.25) is 0 Å². The number of rotatable bonds is 2. The standard InChI is InChI=1S/C13H13F3N4S/c1-8-11(7-17-20(8)2)19-12(21)18-10-6-4-3-5-9(10)13(14,15)16/h3-7H,1-2H3,(H2,18,19,21). The molecule has 1 aromatic heterocycles. The fraction of sp³-hybridized carbons (Fsp3) is 0.231. The summed E-state index contributed by atoms with van der Waals surface area (Å²) in [5.74, 6) is 0. The van der Waals surface area contributed by atoms with Crippen molar-refractivity contribution in [1.29, 1.82) is 0 Å². The molecular formula is C13H13F3N4S. The second-order valence-electron chi connectivity index (χ2n) is 4.39. The van der Waals surface area contributed by atoms with E-state index in [0.717, 1.165) is 11.8 Å². The number of halogens is 3. The van der Waals surface area contributed by atoms with Crippen molar-refractivity contribution in [3.63, 3.8) is 0 Å². The molecule has 0 aliphatic heterocycles. The van der Waals surface area contributed by atoms with E-state index in [0.29, 0.717) is 5.69 Å². The van der Waals surface area contributed by atoms with Gasteiger partial charge in [-0.05, 0) is 31.3 Å². The van der Waals surface area contributed by atoms with E-state index in [1.165, 1.54) is 18.2 Å². The lowest BCUT2D eigenvalue weighted by atomic mass is 10.1. The number of alkyl halides is 3. The SMILES string of the molecule is Cc1c(NC(=S)Nc2ccccc2C(F)(F)F)cnn1C. The van der Waals surface area contributed by atoms with E-state index >= 15 is 0 Å². The maximum absolute atomic E-state index is 12.9. The smallest absolute Gasteiger partial charge is 0.332 e. The first-order valence-corrected chi connectivity index (χ1v) is 6.42. The first-order chi connectivity index (χ1) is 9.79. The molecule has 1 heterocycles. The van der Waals surface area contributed by atoms with Crippen LogP contribution >= 0.6 is 12.2 Å². The van der Waals surface area contributed by atoms with Crippen molar-refractivity contribution in [3.05, 3.63) is 41.7 Å². The number of hydrogen-bond donors (Lipinski definition) is 2. The molecule has 0 radical (unpaired) electrons. The van der Waals surface area contributed by atoms with Gasteiger partial charge in [0.15, 0.2) is 5.11 Å². The molecule has 0 saturated heterocycles. The minimum Gasteiger partial charge on any atom is -0.332 e. The van der Waals surface area contributed by atoms with Gasteiger partial charge in [0.05, 0.1) is 28.8 Å². The average Bonchev–Trinajstić information content (AvgIpc) is 2.70. The molecule has 112 valence electrons. The quantitative estimate of drug-likeness (QED) is 0.832. The summed E-state index contributed by atoms with van der Waals surface area (Å²) in [6.07, 6.45) is -2.89. The topological polar surface area (TPSA) is 41.9 Å². The Labute approximate surface area is 125 Å². The fourth-order valence-corrected chi connectivity index (χ4v) is 1.96. The largest absolute Gasteiger partial charge is 0.418 e. The fourth-order valence-electron chi connectivity index (χ4n) is 1.74. The van der Waals surface area contributed by atoms with Crippen molar-refractivity contribution in [1.82, 2.24) is 9.78 Å². The summed E-state index contributed by atoms with van der Waals surface area (Å²) in [5, 5.41) is 9.49. The number of aryl methyl sites for hydroxylation is 1. The second-order valence-corrected chi connectivity index (χ2v) is 4.80. The van der Waals surface area contributed by atoms with Crippen LogP contribution in [0.25, 0.3) is 0 Å². The summed E-state index contributed by atoms with van der Waals surface area (Å²) in [5.41, 5.74) is 0.601. The van der Waals surface area contributed by atoms with Crippen LogP contribution in [0.4, 0.5) is 24.5 Å². The highest BCUT2D eigenvalue weighted by molar-refractivity contribution is 7.80. The van der Waals surface area contributed by atoms with E-state index in [-0.39, 0.29) is 10.8 Å². The van der Waals surface area contributed by atoms with E-state index in [4.69, 9.17) is 12.2 Å². The molecule has 0 amide bonds. The Kier molecular flexibility index (Phi) is 4.17. The zero-order valence-corrected chi connectivity index (χ0v) is 12.1. The Hall–Kier alpha value is -2.09. The summed E-state index contributed by atoms with van der Waals surface area (Å²) in [6.45, 7) is 1.82. The number of nitrogens with zero attached hydrogens (tertiary/aromatic N) is 2. The van der Waals surface area contributed by atoms with E-state index in [9.17, 15) is 13.2 Å². The molecule has 0 spiro atoms. The predicted octanol–water partition coefficient (Wildman–Crippen LogP) is 3.56. The van der Waals surface area contributed by atoms with Crippen LogP contribution < -0.4 is 10.6 Å². The van der Waals surface area contributed by atoms with Crippen LogP contribution in [0.5, 0.6) is 0 Å². The van der Waals surface area contributed by atoms with Crippen LogP contribution in [0.1, 0.15) is 11.3 Å². The number of benzene rings is 1. The van der Waals surface area contributed by atoms with E-state index in [1.54, 1.807) is 17.9 Å². The van der Waals surface area contributed by atoms with Gasteiger partial charge in [-0.25, -0.2) is 0 Å². The van der Waals surface area contributed by atoms with Crippen molar-refractivity contribution in [2.45, 2.75) is 13.1 Å². The zero-order valence-electron chi connectivity index (χ0n) is 11.3. The minimum absolute atomic E-state index is 0.0720. The van der Waals surface area contributed by atoms with Crippen molar-refractivity contribution in [2.75, 3.05) is 10.6 Å². The van der Waals surface area contributed by atoms with Crippen LogP contribution in [0, 0.1) is 6.92 Å². The van der Waals surface area contributed by atoms with Gasteiger partial charge in [0.25, 0.3) is 0 Å². The van der Waals surface area contributed by atoms with Crippen molar-refractivity contribution >= 4 is 28.7 Å². The molecule has 2 aromatic rings. The minimum atomic E-state index is -4.44. The van der Waals surface area contributed by atoms with Crippen molar-refractivity contribution in [2.24, 2.45) is 7.05 Å². The predicted molar refractivity (Wildman–Crippen MR) is 79.2 cm³/mol. The van der Waals surface area contributed by atoms with Gasteiger partial charge >= 0.3 is 6.18 Å². The molecule has 21 heavy (non-hydrogen) atoms. The molecule has 0 fully saturated rings. The van der Waals surface area contributed by atoms with Crippen LogP contribution in [0.3, 0.4) is 0 Å². The second kappa shape index (κ2) is 5.72. The number of hydrogen-bond acceptors (Lipinski definition) is 2. The van der Waals surface area contributed by atoms with Crippen LogP contribution in [-0.2, 0) is 13.2 Å². The zero-order chi connectivity index (χ0) is 15.6. The molecule has 4 nitrogen and oxygen atoms in total. The molecule has 0 unspecified atom stereocenters. The van der Waals surface area contributed by atoms with Gasteiger partial charge in [-0.3, -0.25) is 4.68 Å². The lowest BCUT2D eigenvalue weighted by Crippen LogP contribution is -2.21. The number of anilines is 2. The van der Waals surface area contributed by atoms with E-state index in [2.05, 4.69) is 15.7 Å². The lowest BCUT2D eigenvalue weighted by molar-refractivity contribution is -0.136. The Bertz CT molecular complexity index is 664. The summed E-state index contributed by atoms with van der Waals surface area (Å²) >= 11 is 5.04. The van der Waals surface area contributed by atoms with Gasteiger partial charge in [0, 0.05) is 7.05 Å². The molecule has 2 rings (SSSR count). The molecular weight excluding hydrogens is 301 g/mol. The number of nitrogens with one attached hydrogen (secondary N) is 2. The lowest BCUT2D eigenvalue weighted by Gasteiger charge is -2.15. The van der Waals surface area contributed by atoms with E-state index in [1.807, 2.05) is 6.92 Å². The van der Waals surface area contributed by atoms with Crippen molar-refractivity contribution in [3.8, 4) is 0 Å². The average molecular weight is 314 g/mol. The molecule has 0 aliphatic carbocycles. The molecule has 1 aromatic carbocycles. The Morgan fingerprint density at radius 1 is 1.19 bits per heavy atom. The van der Waals surface area contributed by atoms with Crippen LogP contribution in [-0.4, -0.2) is 14.9 Å². The molecule has 0 aliphatic rings. The third-order valence-electron chi connectivity index (χ3n) is 2.96. The molecule has 0 saturated carbocycles. The first-order valence-electron chi connectivity index (χ1n) is 6.02. The van der Waals surface area contributed by atoms with Crippen molar-refractivity contribution < 1.29 is 13.2 Å². The third-order valence-corrected chi connectivity index (χ3v) is 3.17. The normalized spacial score (nSPS) is 11.3. The van der Waals surface area contributed by atoms with Gasteiger partial charge < -0.3 is 10.6 Å².